The van der Waals surface area contributed by atoms with Crippen LogP contribution in [0.3, 0.4) is 0 Å². The Morgan fingerprint density at radius 2 is 2.25 bits per heavy atom. The van der Waals surface area contributed by atoms with Crippen LogP contribution >= 0.6 is 15.9 Å². The second kappa shape index (κ2) is 1.84. The van der Waals surface area contributed by atoms with Crippen molar-refractivity contribution < 1.29 is 8.42 Å². The number of hydrogen-bond donors (Lipinski definition) is 0. The van der Waals surface area contributed by atoms with Gasteiger partial charge in [0.1, 0.15) is 3.81 Å². The first kappa shape index (κ1) is 6.29. The van der Waals surface area contributed by atoms with E-state index in [0.29, 0.717) is 10.2 Å². The Morgan fingerprint density at radius 1 is 1.62 bits per heavy atom. The summed E-state index contributed by atoms with van der Waals surface area (Å²) >= 11 is 2.93. The SMILES string of the molecule is O=S1(=O)CCC=C1Br. The summed E-state index contributed by atoms with van der Waals surface area (Å²) in [7, 11) is -2.85. The van der Waals surface area contributed by atoms with E-state index in [0.717, 1.165) is 0 Å². The fourth-order valence-corrected chi connectivity index (χ4v) is 2.26. The molecule has 0 aliphatic carbocycles. The van der Waals surface area contributed by atoms with Crippen molar-refractivity contribution in [2.45, 2.75) is 6.42 Å². The van der Waals surface area contributed by atoms with E-state index in [1.165, 1.54) is 0 Å². The van der Waals surface area contributed by atoms with Crippen LogP contribution in [0, 0.1) is 0 Å². The summed E-state index contributed by atoms with van der Waals surface area (Å²) in [5.41, 5.74) is 0. The summed E-state index contributed by atoms with van der Waals surface area (Å²) in [5.74, 6) is 0.271. The first-order valence-corrected chi connectivity index (χ1v) is 4.66. The fourth-order valence-electron chi connectivity index (χ4n) is 0.552. The zero-order chi connectivity index (χ0) is 6.20. The summed E-state index contributed by atoms with van der Waals surface area (Å²) in [5, 5.41) is 0. The molecule has 0 unspecified atom stereocenters. The van der Waals surface area contributed by atoms with E-state index >= 15 is 0 Å². The number of rotatable bonds is 0. The smallest absolute Gasteiger partial charge is 0.184 e. The zero-order valence-corrected chi connectivity index (χ0v) is 6.50. The lowest BCUT2D eigenvalue weighted by molar-refractivity contribution is 0.606. The molecule has 46 valence electrons. The third-order valence-electron chi connectivity index (χ3n) is 0.989. The molecule has 1 heterocycles. The molecule has 1 aliphatic rings. The molecule has 4 heteroatoms. The first-order chi connectivity index (χ1) is 3.63. The van der Waals surface area contributed by atoms with Crippen LogP contribution in [0.5, 0.6) is 0 Å². The van der Waals surface area contributed by atoms with Gasteiger partial charge in [-0.25, -0.2) is 8.42 Å². The molecule has 0 fully saturated rings. The van der Waals surface area contributed by atoms with Crippen LogP contribution in [0.25, 0.3) is 0 Å². The van der Waals surface area contributed by atoms with E-state index in [9.17, 15) is 8.42 Å². The average Bonchev–Trinajstić information content (AvgIpc) is 1.86. The van der Waals surface area contributed by atoms with Crippen molar-refractivity contribution in [1.82, 2.24) is 0 Å². The lowest BCUT2D eigenvalue weighted by Crippen LogP contribution is -1.96. The van der Waals surface area contributed by atoms with Gasteiger partial charge in [0.2, 0.25) is 0 Å². The number of hydrogen-bond acceptors (Lipinski definition) is 2. The number of halogens is 1. The van der Waals surface area contributed by atoms with Crippen LogP contribution in [0.2, 0.25) is 0 Å². The molecule has 0 radical (unpaired) electrons. The van der Waals surface area contributed by atoms with Gasteiger partial charge < -0.3 is 0 Å². The second-order valence-electron chi connectivity index (χ2n) is 1.62. The average molecular weight is 197 g/mol. The summed E-state index contributed by atoms with van der Waals surface area (Å²) in [6.07, 6.45) is 2.33. The van der Waals surface area contributed by atoms with Crippen molar-refractivity contribution in [2.75, 3.05) is 5.75 Å². The van der Waals surface area contributed by atoms with Gasteiger partial charge in [-0.15, -0.1) is 0 Å². The molecule has 1 aliphatic heterocycles. The van der Waals surface area contributed by atoms with Crippen molar-refractivity contribution in [3.63, 3.8) is 0 Å². The highest BCUT2D eigenvalue weighted by Crippen LogP contribution is 2.22. The van der Waals surface area contributed by atoms with Crippen LogP contribution in [-0.4, -0.2) is 14.2 Å². The summed E-state index contributed by atoms with van der Waals surface area (Å²) in [6, 6.07) is 0. The molecule has 0 saturated heterocycles. The molecule has 0 aromatic heterocycles. The molecule has 0 bridgehead atoms. The lowest BCUT2D eigenvalue weighted by atomic mass is 10.5. The van der Waals surface area contributed by atoms with Gasteiger partial charge in [0.15, 0.2) is 9.84 Å². The monoisotopic (exact) mass is 196 g/mol. The van der Waals surface area contributed by atoms with Gasteiger partial charge in [-0.1, -0.05) is 6.08 Å². The third-order valence-corrected chi connectivity index (χ3v) is 4.33. The van der Waals surface area contributed by atoms with E-state index in [1.54, 1.807) is 6.08 Å². The van der Waals surface area contributed by atoms with E-state index in [-0.39, 0.29) is 5.75 Å². The largest absolute Gasteiger partial charge is 0.223 e. The van der Waals surface area contributed by atoms with E-state index in [4.69, 9.17) is 0 Å². The third kappa shape index (κ3) is 0.951. The number of sulfone groups is 1. The molecule has 0 N–H and O–H groups in total. The van der Waals surface area contributed by atoms with Crippen molar-refractivity contribution >= 4 is 25.8 Å². The molecule has 0 saturated carbocycles. The zero-order valence-electron chi connectivity index (χ0n) is 4.09. The molecule has 0 spiro atoms. The topological polar surface area (TPSA) is 34.1 Å². The Morgan fingerprint density at radius 3 is 2.38 bits per heavy atom. The highest BCUT2D eigenvalue weighted by atomic mass is 79.9. The van der Waals surface area contributed by atoms with E-state index < -0.39 is 9.84 Å². The van der Waals surface area contributed by atoms with Crippen LogP contribution < -0.4 is 0 Å². The number of allylic oxidation sites excluding steroid dienone is 1. The summed E-state index contributed by atoms with van der Waals surface area (Å²) in [6.45, 7) is 0. The molecular weight excluding hydrogens is 192 g/mol. The van der Waals surface area contributed by atoms with Crippen LogP contribution in [0.1, 0.15) is 6.42 Å². The predicted molar refractivity (Wildman–Crippen MR) is 35.4 cm³/mol. The van der Waals surface area contributed by atoms with Crippen molar-refractivity contribution in [2.24, 2.45) is 0 Å². The van der Waals surface area contributed by atoms with Crippen molar-refractivity contribution in [3.05, 3.63) is 9.89 Å². The Labute approximate surface area is 56.6 Å². The van der Waals surface area contributed by atoms with Gasteiger partial charge in [-0.3, -0.25) is 0 Å². The molecule has 0 atom stereocenters. The minimum Gasteiger partial charge on any atom is -0.223 e. The predicted octanol–water partition coefficient (Wildman–Crippen LogP) is 1.04. The van der Waals surface area contributed by atoms with Crippen LogP contribution in [0.4, 0.5) is 0 Å². The van der Waals surface area contributed by atoms with Gasteiger partial charge in [-0.05, 0) is 22.4 Å². The molecule has 0 aromatic rings. The standard InChI is InChI=1S/C4H5BrO2S/c5-4-2-1-3-8(4,6)7/h2H,1,3H2. The maximum atomic E-state index is 10.6. The minimum atomic E-state index is -2.85. The quantitative estimate of drug-likeness (QED) is 0.581. The Kier molecular flexibility index (Phi) is 1.45. The Hall–Kier alpha value is 0.170. The van der Waals surface area contributed by atoms with Crippen LogP contribution in [0.15, 0.2) is 9.89 Å². The van der Waals surface area contributed by atoms with Gasteiger partial charge in [0.05, 0.1) is 5.75 Å². The summed E-state index contributed by atoms with van der Waals surface area (Å²) < 4.78 is 21.6. The highest BCUT2D eigenvalue weighted by Gasteiger charge is 2.19. The minimum absolute atomic E-state index is 0.271. The molecule has 2 nitrogen and oxygen atoms in total. The lowest BCUT2D eigenvalue weighted by Gasteiger charge is -1.86. The molecule has 0 amide bonds. The van der Waals surface area contributed by atoms with Crippen molar-refractivity contribution in [1.29, 1.82) is 0 Å². The van der Waals surface area contributed by atoms with Crippen molar-refractivity contribution in [3.8, 4) is 0 Å². The molecule has 1 rings (SSSR count). The fraction of sp³-hybridized carbons (Fsp3) is 0.500. The van der Waals surface area contributed by atoms with Crippen LogP contribution in [-0.2, 0) is 9.84 Å². The Bertz CT molecular complexity index is 214. The Balaban J connectivity index is 3.08. The van der Waals surface area contributed by atoms with E-state index in [1.807, 2.05) is 0 Å². The van der Waals surface area contributed by atoms with Gasteiger partial charge in [0.25, 0.3) is 0 Å². The second-order valence-corrected chi connectivity index (χ2v) is 5.07. The normalized spacial score (nSPS) is 25.4. The van der Waals surface area contributed by atoms with Gasteiger partial charge >= 0.3 is 0 Å². The van der Waals surface area contributed by atoms with Gasteiger partial charge in [-0.2, -0.15) is 0 Å². The van der Waals surface area contributed by atoms with E-state index in [2.05, 4.69) is 15.9 Å². The maximum absolute atomic E-state index is 10.6. The first-order valence-electron chi connectivity index (χ1n) is 2.21. The molecule has 0 aromatic carbocycles. The highest BCUT2D eigenvalue weighted by molar-refractivity contribution is 9.13. The summed E-state index contributed by atoms with van der Waals surface area (Å²) in [4.78, 5) is 0. The molecular formula is C4H5BrO2S. The van der Waals surface area contributed by atoms with Gasteiger partial charge in [0, 0.05) is 0 Å². The molecule has 8 heavy (non-hydrogen) atoms. The maximum Gasteiger partial charge on any atom is 0.184 e.